The van der Waals surface area contributed by atoms with E-state index < -0.39 is 30.2 Å². The quantitative estimate of drug-likeness (QED) is 0.479. The molecule has 156 valence electrons. The van der Waals surface area contributed by atoms with Gasteiger partial charge in [-0.05, 0) is 64.3 Å². The Labute approximate surface area is 165 Å². The Balaban J connectivity index is 2.34. The number of amides is 1. The number of carboxylic acids is 1. The molecule has 1 aromatic rings. The number of unbranched alkanes of at least 4 members (excludes halogenated alkanes) is 2. The van der Waals surface area contributed by atoms with E-state index in [0.717, 1.165) is 12.8 Å². The Bertz CT molecular complexity index is 650. The topological polar surface area (TPSA) is 102 Å². The molecule has 0 radical (unpaired) electrons. The molecule has 28 heavy (non-hydrogen) atoms. The van der Waals surface area contributed by atoms with Crippen molar-refractivity contribution in [1.82, 2.24) is 4.90 Å². The van der Waals surface area contributed by atoms with Crippen LogP contribution in [0.5, 0.6) is 5.75 Å². The molecule has 1 aromatic carbocycles. The predicted octanol–water partition coefficient (Wildman–Crippen LogP) is 3.34. The van der Waals surface area contributed by atoms with Crippen molar-refractivity contribution in [2.24, 2.45) is 0 Å². The minimum Gasteiger partial charge on any atom is -0.494 e. The fourth-order valence-corrected chi connectivity index (χ4v) is 2.30. The first-order valence-electron chi connectivity index (χ1n) is 9.13. The number of aliphatic carboxylic acids is 1. The third kappa shape index (κ3) is 9.25. The number of esters is 1. The minimum absolute atomic E-state index is 0.301. The number of benzene rings is 1. The lowest BCUT2D eigenvalue weighted by molar-refractivity contribution is -0.138. The molecule has 1 N–H and O–H groups in total. The molecule has 0 spiro atoms. The number of hydrogen-bond donors (Lipinski definition) is 1. The molecule has 8 nitrogen and oxygen atoms in total. The molecular weight excluding hydrogens is 366 g/mol. The van der Waals surface area contributed by atoms with E-state index in [1.807, 2.05) is 0 Å². The fraction of sp³-hybridized carbons (Fsp3) is 0.550. The molecular formula is C20H29NO7. The first-order chi connectivity index (χ1) is 13.1. The Morgan fingerprint density at radius 2 is 1.68 bits per heavy atom. The molecule has 0 saturated heterocycles. The first-order valence-corrected chi connectivity index (χ1v) is 9.13. The van der Waals surface area contributed by atoms with Gasteiger partial charge < -0.3 is 19.3 Å². The van der Waals surface area contributed by atoms with Crippen LogP contribution in [0.25, 0.3) is 0 Å². The molecule has 0 unspecified atom stereocenters. The summed E-state index contributed by atoms with van der Waals surface area (Å²) in [5.74, 6) is -0.832. The Kier molecular flexibility index (Phi) is 9.27. The Morgan fingerprint density at radius 1 is 1.04 bits per heavy atom. The highest BCUT2D eigenvalue weighted by Gasteiger charge is 2.23. The highest BCUT2D eigenvalue weighted by atomic mass is 16.6. The number of nitrogens with zero attached hydrogens (tertiary/aromatic N) is 1. The smallest absolute Gasteiger partial charge is 0.410 e. The van der Waals surface area contributed by atoms with Gasteiger partial charge in [-0.3, -0.25) is 9.69 Å². The summed E-state index contributed by atoms with van der Waals surface area (Å²) in [5, 5.41) is 8.97. The lowest BCUT2D eigenvalue weighted by Crippen LogP contribution is -2.40. The number of carbonyl (C=O) groups excluding carboxylic acids is 2. The van der Waals surface area contributed by atoms with E-state index in [1.165, 1.54) is 12.0 Å². The van der Waals surface area contributed by atoms with Gasteiger partial charge in [0.1, 0.15) is 17.9 Å². The van der Waals surface area contributed by atoms with Crippen molar-refractivity contribution in [3.05, 3.63) is 29.8 Å². The number of hydrogen-bond acceptors (Lipinski definition) is 6. The van der Waals surface area contributed by atoms with E-state index in [2.05, 4.69) is 4.74 Å². The van der Waals surface area contributed by atoms with Gasteiger partial charge in [0.15, 0.2) is 0 Å². The highest BCUT2D eigenvalue weighted by molar-refractivity contribution is 5.89. The van der Waals surface area contributed by atoms with Crippen LogP contribution < -0.4 is 4.74 Å². The van der Waals surface area contributed by atoms with Gasteiger partial charge in [0.05, 0.1) is 19.3 Å². The van der Waals surface area contributed by atoms with Crippen LogP contribution in [-0.2, 0) is 14.3 Å². The van der Waals surface area contributed by atoms with Gasteiger partial charge in [-0.1, -0.05) is 0 Å². The van der Waals surface area contributed by atoms with Crippen molar-refractivity contribution in [1.29, 1.82) is 0 Å². The highest BCUT2D eigenvalue weighted by Crippen LogP contribution is 2.14. The molecule has 8 heteroatoms. The van der Waals surface area contributed by atoms with Crippen LogP contribution in [0.1, 0.15) is 50.4 Å². The van der Waals surface area contributed by atoms with Gasteiger partial charge >= 0.3 is 18.0 Å². The second kappa shape index (κ2) is 11.2. The molecule has 0 bridgehead atoms. The summed E-state index contributed by atoms with van der Waals surface area (Å²) in [7, 11) is 1.33. The lowest BCUT2D eigenvalue weighted by atomic mass is 10.2. The maximum atomic E-state index is 12.1. The zero-order valence-corrected chi connectivity index (χ0v) is 16.9. The van der Waals surface area contributed by atoms with Crippen LogP contribution in [0.15, 0.2) is 24.3 Å². The summed E-state index contributed by atoms with van der Waals surface area (Å²) >= 11 is 0. The predicted molar refractivity (Wildman–Crippen MR) is 103 cm³/mol. The molecule has 0 aliphatic rings. The average Bonchev–Trinajstić information content (AvgIpc) is 2.61. The van der Waals surface area contributed by atoms with Crippen molar-refractivity contribution in [3.63, 3.8) is 0 Å². The number of rotatable bonds is 10. The summed E-state index contributed by atoms with van der Waals surface area (Å²) in [6.45, 7) is 5.59. The largest absolute Gasteiger partial charge is 0.494 e. The molecule has 0 atom stereocenters. The third-order valence-corrected chi connectivity index (χ3v) is 3.59. The number of methoxy groups -OCH3 is 1. The lowest BCUT2D eigenvalue weighted by Gasteiger charge is -2.26. The van der Waals surface area contributed by atoms with Crippen molar-refractivity contribution in [2.75, 3.05) is 26.8 Å². The fourth-order valence-electron chi connectivity index (χ4n) is 2.30. The number of ether oxygens (including phenoxy) is 3. The van der Waals surface area contributed by atoms with Crippen LogP contribution in [0, 0.1) is 0 Å². The van der Waals surface area contributed by atoms with E-state index in [0.29, 0.717) is 30.9 Å². The van der Waals surface area contributed by atoms with E-state index in [4.69, 9.17) is 14.6 Å². The van der Waals surface area contributed by atoms with Gasteiger partial charge in [-0.15, -0.1) is 0 Å². The molecule has 1 amide bonds. The standard InChI is InChI=1S/C20H29NO7/c1-20(2,3)28-19(25)21(14-17(22)23)12-6-5-7-13-27-16-10-8-15(9-11-16)18(24)26-4/h8-11H,5-7,12-14H2,1-4H3,(H,22,23). The molecule has 0 aliphatic heterocycles. The van der Waals surface area contributed by atoms with Crippen LogP contribution in [-0.4, -0.2) is 60.4 Å². The van der Waals surface area contributed by atoms with Crippen LogP contribution in [0.4, 0.5) is 4.79 Å². The first kappa shape index (κ1) is 23.3. The molecule has 0 aliphatic carbocycles. The van der Waals surface area contributed by atoms with Crippen molar-refractivity contribution in [3.8, 4) is 5.75 Å². The van der Waals surface area contributed by atoms with Crippen molar-refractivity contribution < 1.29 is 33.7 Å². The van der Waals surface area contributed by atoms with Crippen LogP contribution in [0.2, 0.25) is 0 Å². The van der Waals surface area contributed by atoms with Gasteiger partial charge in [-0.25, -0.2) is 9.59 Å². The zero-order chi connectivity index (χ0) is 21.2. The normalized spacial score (nSPS) is 10.9. The van der Waals surface area contributed by atoms with Gasteiger partial charge in [0.25, 0.3) is 0 Å². The summed E-state index contributed by atoms with van der Waals surface area (Å²) in [6.07, 6.45) is 1.52. The maximum absolute atomic E-state index is 12.1. The molecule has 0 fully saturated rings. The molecule has 0 heterocycles. The van der Waals surface area contributed by atoms with E-state index in [1.54, 1.807) is 45.0 Å². The van der Waals surface area contributed by atoms with E-state index in [-0.39, 0.29) is 0 Å². The summed E-state index contributed by atoms with van der Waals surface area (Å²) in [4.78, 5) is 35.6. The molecule has 0 aromatic heterocycles. The van der Waals surface area contributed by atoms with Crippen LogP contribution in [0.3, 0.4) is 0 Å². The van der Waals surface area contributed by atoms with Crippen molar-refractivity contribution in [2.45, 2.75) is 45.6 Å². The van der Waals surface area contributed by atoms with E-state index in [9.17, 15) is 14.4 Å². The maximum Gasteiger partial charge on any atom is 0.410 e. The third-order valence-electron chi connectivity index (χ3n) is 3.59. The monoisotopic (exact) mass is 395 g/mol. The van der Waals surface area contributed by atoms with Crippen molar-refractivity contribution >= 4 is 18.0 Å². The van der Waals surface area contributed by atoms with E-state index >= 15 is 0 Å². The summed E-state index contributed by atoms with van der Waals surface area (Å²) in [6, 6.07) is 6.66. The Morgan fingerprint density at radius 3 is 2.21 bits per heavy atom. The summed E-state index contributed by atoms with van der Waals surface area (Å²) < 4.78 is 15.5. The minimum atomic E-state index is -1.08. The van der Waals surface area contributed by atoms with Gasteiger partial charge in [0.2, 0.25) is 0 Å². The van der Waals surface area contributed by atoms with Gasteiger partial charge in [0, 0.05) is 6.54 Å². The zero-order valence-electron chi connectivity index (χ0n) is 16.9. The molecule has 1 rings (SSSR count). The average molecular weight is 395 g/mol. The number of carbonyl (C=O) groups is 3. The Hall–Kier alpha value is -2.77. The number of carboxylic acid groups (broad SMARTS) is 1. The SMILES string of the molecule is COC(=O)c1ccc(OCCCCCN(CC(=O)O)C(=O)OC(C)(C)C)cc1. The second-order valence-corrected chi connectivity index (χ2v) is 7.22. The summed E-state index contributed by atoms with van der Waals surface area (Å²) in [5.41, 5.74) is -0.221. The van der Waals surface area contributed by atoms with Crippen LogP contribution >= 0.6 is 0 Å². The molecule has 0 saturated carbocycles. The second-order valence-electron chi connectivity index (χ2n) is 7.22. The van der Waals surface area contributed by atoms with Gasteiger partial charge in [-0.2, -0.15) is 0 Å².